The minimum Gasteiger partial charge on any atom is -0.453 e. The number of carbonyl (C=O) groups is 1. The van der Waals surface area contributed by atoms with Crippen molar-refractivity contribution >= 4 is 11.8 Å². The smallest absolute Gasteiger partial charge is 0.416 e. The van der Waals surface area contributed by atoms with Crippen molar-refractivity contribution in [2.45, 2.75) is 39.8 Å². The SMILES string of the molecule is CCC(C)CC.COC(=O)Nc1ccc(C(F)(F)F)cc1. The fraction of sp³-hybridized carbons (Fsp3) is 0.533. The number of nitrogens with one attached hydrogen (secondary N) is 1. The summed E-state index contributed by atoms with van der Waals surface area (Å²) < 4.78 is 40.7. The average molecular weight is 305 g/mol. The molecule has 3 nitrogen and oxygen atoms in total. The molecule has 1 N–H and O–H groups in total. The average Bonchev–Trinajstić information content (AvgIpc) is 2.46. The molecular weight excluding hydrogens is 283 g/mol. The maximum Gasteiger partial charge on any atom is 0.416 e. The minimum absolute atomic E-state index is 0.245. The van der Waals surface area contributed by atoms with Gasteiger partial charge in [-0.1, -0.05) is 33.6 Å². The lowest BCUT2D eigenvalue weighted by molar-refractivity contribution is -0.137. The Morgan fingerprint density at radius 2 is 1.67 bits per heavy atom. The highest BCUT2D eigenvalue weighted by Crippen LogP contribution is 2.29. The molecule has 1 aromatic rings. The highest BCUT2D eigenvalue weighted by atomic mass is 19.4. The van der Waals surface area contributed by atoms with E-state index in [-0.39, 0.29) is 5.69 Å². The van der Waals surface area contributed by atoms with E-state index in [2.05, 4.69) is 30.8 Å². The van der Waals surface area contributed by atoms with Crippen LogP contribution in [-0.2, 0) is 10.9 Å². The summed E-state index contributed by atoms with van der Waals surface area (Å²) in [4.78, 5) is 10.7. The van der Waals surface area contributed by atoms with Crippen molar-refractivity contribution in [3.05, 3.63) is 29.8 Å². The third-order valence-corrected chi connectivity index (χ3v) is 3.04. The lowest BCUT2D eigenvalue weighted by atomic mass is 10.1. The monoisotopic (exact) mass is 305 g/mol. The molecule has 0 unspecified atom stereocenters. The van der Waals surface area contributed by atoms with Crippen LogP contribution in [-0.4, -0.2) is 13.2 Å². The third kappa shape index (κ3) is 8.22. The summed E-state index contributed by atoms with van der Waals surface area (Å²) in [5.41, 5.74) is -0.521. The molecule has 1 rings (SSSR count). The van der Waals surface area contributed by atoms with Crippen LogP contribution in [0.5, 0.6) is 0 Å². The van der Waals surface area contributed by atoms with Gasteiger partial charge in [-0.05, 0) is 30.2 Å². The van der Waals surface area contributed by atoms with Crippen LogP contribution in [0.15, 0.2) is 24.3 Å². The first-order valence-corrected chi connectivity index (χ1v) is 6.76. The van der Waals surface area contributed by atoms with E-state index >= 15 is 0 Å². The number of anilines is 1. The van der Waals surface area contributed by atoms with Crippen LogP contribution >= 0.6 is 0 Å². The molecule has 120 valence electrons. The Labute approximate surface area is 123 Å². The minimum atomic E-state index is -4.37. The normalized spacial score (nSPS) is 10.7. The Hall–Kier alpha value is -1.72. The molecule has 0 heterocycles. The van der Waals surface area contributed by atoms with Gasteiger partial charge in [-0.2, -0.15) is 13.2 Å². The molecule has 0 aliphatic heterocycles. The number of alkyl halides is 3. The fourth-order valence-corrected chi connectivity index (χ4v) is 1.20. The van der Waals surface area contributed by atoms with Gasteiger partial charge >= 0.3 is 12.3 Å². The fourth-order valence-electron chi connectivity index (χ4n) is 1.20. The zero-order valence-corrected chi connectivity index (χ0v) is 12.8. The van der Waals surface area contributed by atoms with Gasteiger partial charge in [-0.3, -0.25) is 5.32 Å². The molecule has 0 saturated carbocycles. The quantitative estimate of drug-likeness (QED) is 0.820. The standard InChI is InChI=1S/C9H8F3NO2.C6H14/c1-15-8(14)13-7-4-2-6(3-5-7)9(10,11)12;1-4-6(3)5-2/h2-5H,1H3,(H,13,14);6H,4-5H2,1-3H3. The lowest BCUT2D eigenvalue weighted by Crippen LogP contribution is -2.11. The van der Waals surface area contributed by atoms with Crippen molar-refractivity contribution in [3.63, 3.8) is 0 Å². The first kappa shape index (κ1) is 19.3. The summed E-state index contributed by atoms with van der Waals surface area (Å²) >= 11 is 0. The van der Waals surface area contributed by atoms with Crippen LogP contribution in [0.4, 0.5) is 23.7 Å². The molecule has 1 amide bonds. The molecule has 0 atom stereocenters. The van der Waals surface area contributed by atoms with Crippen LogP contribution in [0.1, 0.15) is 39.2 Å². The second-order valence-corrected chi connectivity index (χ2v) is 4.61. The van der Waals surface area contributed by atoms with Crippen molar-refractivity contribution in [2.24, 2.45) is 5.92 Å². The summed E-state index contributed by atoms with van der Waals surface area (Å²) in [6.07, 6.45) is -2.44. The Balaban J connectivity index is 0.000000567. The number of hydrogen-bond acceptors (Lipinski definition) is 2. The van der Waals surface area contributed by atoms with Gasteiger partial charge in [-0.25, -0.2) is 4.79 Å². The molecule has 1 aromatic carbocycles. The number of methoxy groups -OCH3 is 1. The highest BCUT2D eigenvalue weighted by molar-refractivity contribution is 5.84. The van der Waals surface area contributed by atoms with Gasteiger partial charge in [0.1, 0.15) is 0 Å². The molecular formula is C15H22F3NO2. The highest BCUT2D eigenvalue weighted by Gasteiger charge is 2.29. The zero-order valence-electron chi connectivity index (χ0n) is 12.8. The Bertz CT molecular complexity index is 412. The first-order valence-electron chi connectivity index (χ1n) is 6.76. The third-order valence-electron chi connectivity index (χ3n) is 3.04. The molecule has 21 heavy (non-hydrogen) atoms. The van der Waals surface area contributed by atoms with Gasteiger partial charge in [0.05, 0.1) is 12.7 Å². The second-order valence-electron chi connectivity index (χ2n) is 4.61. The van der Waals surface area contributed by atoms with Crippen molar-refractivity contribution in [1.82, 2.24) is 0 Å². The molecule has 6 heteroatoms. The van der Waals surface area contributed by atoms with E-state index in [1.54, 1.807) is 0 Å². The molecule has 0 aromatic heterocycles. The molecule has 0 aliphatic rings. The first-order chi connectivity index (χ1) is 9.74. The number of halogens is 3. The Kier molecular flexibility index (Phi) is 8.50. The number of benzene rings is 1. The van der Waals surface area contributed by atoms with Crippen LogP contribution in [0.3, 0.4) is 0 Å². The van der Waals surface area contributed by atoms with Gasteiger partial charge < -0.3 is 4.74 Å². The summed E-state index contributed by atoms with van der Waals surface area (Å²) in [5, 5.41) is 2.24. The molecule has 0 bridgehead atoms. The van der Waals surface area contributed by atoms with E-state index in [0.29, 0.717) is 0 Å². The van der Waals surface area contributed by atoms with E-state index in [1.165, 1.54) is 20.0 Å². The van der Waals surface area contributed by atoms with Crippen molar-refractivity contribution in [2.75, 3.05) is 12.4 Å². The second kappa shape index (κ2) is 9.26. The molecule has 0 radical (unpaired) electrons. The van der Waals surface area contributed by atoms with E-state index < -0.39 is 17.8 Å². The van der Waals surface area contributed by atoms with Crippen LogP contribution in [0.2, 0.25) is 0 Å². The topological polar surface area (TPSA) is 38.3 Å². The van der Waals surface area contributed by atoms with Crippen LogP contribution in [0, 0.1) is 5.92 Å². The van der Waals surface area contributed by atoms with Gasteiger partial charge in [0, 0.05) is 5.69 Å². The van der Waals surface area contributed by atoms with E-state index in [9.17, 15) is 18.0 Å². The largest absolute Gasteiger partial charge is 0.453 e. The summed E-state index contributed by atoms with van der Waals surface area (Å²) in [5.74, 6) is 0.935. The zero-order chi connectivity index (χ0) is 16.5. The summed E-state index contributed by atoms with van der Waals surface area (Å²) in [6.45, 7) is 6.74. The van der Waals surface area contributed by atoms with E-state index in [4.69, 9.17) is 0 Å². The number of hydrogen-bond donors (Lipinski definition) is 1. The van der Waals surface area contributed by atoms with E-state index in [0.717, 1.165) is 30.2 Å². The van der Waals surface area contributed by atoms with Gasteiger partial charge in [0.25, 0.3) is 0 Å². The number of carbonyl (C=O) groups excluding carboxylic acids is 1. The Morgan fingerprint density at radius 3 is 1.95 bits per heavy atom. The van der Waals surface area contributed by atoms with Crippen LogP contribution in [0.25, 0.3) is 0 Å². The molecule has 0 aliphatic carbocycles. The lowest BCUT2D eigenvalue weighted by Gasteiger charge is -2.07. The maximum absolute atomic E-state index is 12.1. The van der Waals surface area contributed by atoms with Gasteiger partial charge in [0.15, 0.2) is 0 Å². The number of amides is 1. The van der Waals surface area contributed by atoms with Crippen molar-refractivity contribution in [1.29, 1.82) is 0 Å². The number of rotatable bonds is 3. The number of ether oxygens (including phenoxy) is 1. The van der Waals surface area contributed by atoms with Crippen molar-refractivity contribution in [3.8, 4) is 0 Å². The Morgan fingerprint density at radius 1 is 1.19 bits per heavy atom. The van der Waals surface area contributed by atoms with Gasteiger partial charge in [-0.15, -0.1) is 0 Å². The predicted octanol–water partition coefficient (Wildman–Crippen LogP) is 5.33. The van der Waals surface area contributed by atoms with E-state index in [1.807, 2.05) is 0 Å². The summed E-state index contributed by atoms with van der Waals surface area (Å²) in [7, 11) is 1.17. The van der Waals surface area contributed by atoms with Gasteiger partial charge in [0.2, 0.25) is 0 Å². The molecule has 0 saturated heterocycles. The van der Waals surface area contributed by atoms with Crippen LogP contribution < -0.4 is 5.32 Å². The maximum atomic E-state index is 12.1. The van der Waals surface area contributed by atoms with Crippen molar-refractivity contribution < 1.29 is 22.7 Å². The predicted molar refractivity (Wildman–Crippen MR) is 77.2 cm³/mol. The molecule has 0 spiro atoms. The molecule has 0 fully saturated rings. The summed E-state index contributed by atoms with van der Waals surface area (Å²) in [6, 6.07) is 4.07.